The lowest BCUT2D eigenvalue weighted by Crippen LogP contribution is -2.27. The van der Waals surface area contributed by atoms with Crippen molar-refractivity contribution in [2.24, 2.45) is 0 Å². The van der Waals surface area contributed by atoms with Crippen LogP contribution >= 0.6 is 0 Å². The number of rotatable bonds is 6. The number of sulfonamides is 1. The van der Waals surface area contributed by atoms with Gasteiger partial charge in [-0.2, -0.15) is 4.31 Å². The second kappa shape index (κ2) is 7.46. The molecule has 0 saturated carbocycles. The topological polar surface area (TPSA) is 75.7 Å². The summed E-state index contributed by atoms with van der Waals surface area (Å²) in [6.07, 6.45) is 0. The van der Waals surface area contributed by atoms with E-state index in [9.17, 15) is 13.2 Å². The molecule has 1 amide bonds. The van der Waals surface area contributed by atoms with E-state index in [0.29, 0.717) is 5.69 Å². The standard InChI is InChI=1S/C17H20N2O4S/c1-13(20)18-15-9-10-16(23-3)17(11-15)24(21,22)19(2)12-14-7-5-4-6-8-14/h4-11H,12H2,1-3H3,(H,18,20). The number of amides is 1. The molecule has 6 nitrogen and oxygen atoms in total. The first kappa shape index (κ1) is 18.0. The van der Waals surface area contributed by atoms with Crippen molar-refractivity contribution in [3.63, 3.8) is 0 Å². The lowest BCUT2D eigenvalue weighted by molar-refractivity contribution is -0.114. The Balaban J connectivity index is 2.37. The van der Waals surface area contributed by atoms with Gasteiger partial charge in [-0.25, -0.2) is 8.42 Å². The number of carbonyl (C=O) groups excluding carboxylic acids is 1. The van der Waals surface area contributed by atoms with Gasteiger partial charge in [-0.1, -0.05) is 30.3 Å². The first-order valence-electron chi connectivity index (χ1n) is 7.30. The van der Waals surface area contributed by atoms with Gasteiger partial charge in [-0.15, -0.1) is 0 Å². The van der Waals surface area contributed by atoms with E-state index < -0.39 is 10.0 Å². The Labute approximate surface area is 142 Å². The van der Waals surface area contributed by atoms with Gasteiger partial charge in [0.1, 0.15) is 10.6 Å². The summed E-state index contributed by atoms with van der Waals surface area (Å²) in [4.78, 5) is 11.2. The number of hydrogen-bond acceptors (Lipinski definition) is 4. The molecule has 0 aliphatic rings. The Kier molecular flexibility index (Phi) is 5.58. The molecule has 1 N–H and O–H groups in total. The molecule has 0 spiro atoms. The van der Waals surface area contributed by atoms with Crippen molar-refractivity contribution in [3.8, 4) is 5.75 Å². The Morgan fingerprint density at radius 2 is 1.83 bits per heavy atom. The number of ether oxygens (including phenoxy) is 1. The third kappa shape index (κ3) is 4.12. The summed E-state index contributed by atoms with van der Waals surface area (Å²) in [5.41, 5.74) is 1.27. The number of nitrogens with zero attached hydrogens (tertiary/aromatic N) is 1. The molecule has 0 bridgehead atoms. The van der Waals surface area contributed by atoms with Crippen LogP contribution in [0.15, 0.2) is 53.4 Å². The van der Waals surface area contributed by atoms with Crippen LogP contribution in [0.3, 0.4) is 0 Å². The molecular weight excluding hydrogens is 328 g/mol. The van der Waals surface area contributed by atoms with Crippen molar-refractivity contribution in [2.75, 3.05) is 19.5 Å². The summed E-state index contributed by atoms with van der Waals surface area (Å²) in [6.45, 7) is 1.59. The number of benzene rings is 2. The van der Waals surface area contributed by atoms with Gasteiger partial charge in [0.05, 0.1) is 7.11 Å². The number of anilines is 1. The summed E-state index contributed by atoms with van der Waals surface area (Å²) in [5, 5.41) is 2.58. The maximum Gasteiger partial charge on any atom is 0.246 e. The molecule has 0 fully saturated rings. The quantitative estimate of drug-likeness (QED) is 0.870. The summed E-state index contributed by atoms with van der Waals surface area (Å²) < 4.78 is 32.2. The summed E-state index contributed by atoms with van der Waals surface area (Å²) in [6, 6.07) is 13.8. The third-order valence-electron chi connectivity index (χ3n) is 3.42. The van der Waals surface area contributed by atoms with Gasteiger partial charge < -0.3 is 10.1 Å². The largest absolute Gasteiger partial charge is 0.495 e. The van der Waals surface area contributed by atoms with Crippen molar-refractivity contribution >= 4 is 21.6 Å². The number of hydrogen-bond donors (Lipinski definition) is 1. The molecule has 0 saturated heterocycles. The Bertz CT molecular complexity index is 820. The van der Waals surface area contributed by atoms with E-state index in [1.807, 2.05) is 30.3 Å². The fraction of sp³-hybridized carbons (Fsp3) is 0.235. The third-order valence-corrected chi connectivity index (χ3v) is 5.24. The van der Waals surface area contributed by atoms with Crippen LogP contribution < -0.4 is 10.1 Å². The molecular formula is C17H20N2O4S. The zero-order valence-corrected chi connectivity index (χ0v) is 14.6. The van der Waals surface area contributed by atoms with E-state index in [2.05, 4.69) is 5.32 Å². The lowest BCUT2D eigenvalue weighted by Gasteiger charge is -2.19. The molecule has 0 aromatic heterocycles. The maximum absolute atomic E-state index is 12.9. The minimum absolute atomic E-state index is 0.00896. The molecule has 0 aliphatic heterocycles. The molecule has 0 aliphatic carbocycles. The fourth-order valence-corrected chi connectivity index (χ4v) is 3.59. The first-order chi connectivity index (χ1) is 11.3. The Morgan fingerprint density at radius 1 is 1.17 bits per heavy atom. The van der Waals surface area contributed by atoms with Crippen LogP contribution in [0.4, 0.5) is 5.69 Å². The van der Waals surface area contributed by atoms with Crippen LogP contribution in [-0.2, 0) is 21.4 Å². The van der Waals surface area contributed by atoms with E-state index in [-0.39, 0.29) is 23.1 Å². The highest BCUT2D eigenvalue weighted by molar-refractivity contribution is 7.89. The van der Waals surface area contributed by atoms with Gasteiger partial charge in [0.15, 0.2) is 0 Å². The normalized spacial score (nSPS) is 11.3. The zero-order chi connectivity index (χ0) is 17.7. The van der Waals surface area contributed by atoms with Gasteiger partial charge in [-0.3, -0.25) is 4.79 Å². The number of methoxy groups -OCH3 is 1. The van der Waals surface area contributed by atoms with Crippen LogP contribution in [0.1, 0.15) is 12.5 Å². The second-order valence-corrected chi connectivity index (χ2v) is 7.31. The summed E-state index contributed by atoms with van der Waals surface area (Å²) in [7, 11) is -0.868. The molecule has 2 aromatic carbocycles. The van der Waals surface area contributed by atoms with Crippen LogP contribution in [0.2, 0.25) is 0 Å². The van der Waals surface area contributed by atoms with Gasteiger partial charge in [0, 0.05) is 26.2 Å². The van der Waals surface area contributed by atoms with E-state index >= 15 is 0 Å². The van der Waals surface area contributed by atoms with Gasteiger partial charge in [-0.05, 0) is 23.8 Å². The molecule has 7 heteroatoms. The van der Waals surface area contributed by atoms with Crippen LogP contribution in [-0.4, -0.2) is 32.8 Å². The predicted molar refractivity (Wildman–Crippen MR) is 92.4 cm³/mol. The highest BCUT2D eigenvalue weighted by Gasteiger charge is 2.25. The van der Waals surface area contributed by atoms with Crippen molar-refractivity contribution < 1.29 is 17.9 Å². The zero-order valence-electron chi connectivity index (χ0n) is 13.8. The molecule has 0 radical (unpaired) electrons. The average Bonchev–Trinajstić information content (AvgIpc) is 2.55. The second-order valence-electron chi connectivity index (χ2n) is 5.29. The predicted octanol–water partition coefficient (Wildman–Crippen LogP) is 2.47. The lowest BCUT2D eigenvalue weighted by atomic mass is 10.2. The molecule has 0 atom stereocenters. The van der Waals surface area contributed by atoms with Crippen molar-refractivity contribution in [1.82, 2.24) is 4.31 Å². The first-order valence-corrected chi connectivity index (χ1v) is 8.74. The van der Waals surface area contributed by atoms with Crippen LogP contribution in [0.5, 0.6) is 5.75 Å². The SMILES string of the molecule is COc1ccc(NC(C)=O)cc1S(=O)(=O)N(C)Cc1ccccc1. The highest BCUT2D eigenvalue weighted by atomic mass is 32.2. The molecule has 128 valence electrons. The van der Waals surface area contributed by atoms with E-state index in [1.54, 1.807) is 6.07 Å². The van der Waals surface area contributed by atoms with Crippen LogP contribution in [0.25, 0.3) is 0 Å². The van der Waals surface area contributed by atoms with Crippen molar-refractivity contribution in [2.45, 2.75) is 18.4 Å². The van der Waals surface area contributed by atoms with Gasteiger partial charge >= 0.3 is 0 Å². The van der Waals surface area contributed by atoms with Crippen molar-refractivity contribution in [3.05, 3.63) is 54.1 Å². The van der Waals surface area contributed by atoms with Gasteiger partial charge in [0.25, 0.3) is 0 Å². The summed E-state index contributed by atoms with van der Waals surface area (Å²) >= 11 is 0. The summed E-state index contributed by atoms with van der Waals surface area (Å²) in [5.74, 6) is -0.0508. The van der Waals surface area contributed by atoms with E-state index in [0.717, 1.165) is 5.56 Å². The number of nitrogens with one attached hydrogen (secondary N) is 1. The molecule has 2 rings (SSSR count). The monoisotopic (exact) mass is 348 g/mol. The Hall–Kier alpha value is -2.38. The fourth-order valence-electron chi connectivity index (χ4n) is 2.25. The molecule has 24 heavy (non-hydrogen) atoms. The minimum atomic E-state index is -3.78. The smallest absolute Gasteiger partial charge is 0.246 e. The maximum atomic E-state index is 12.9. The number of carbonyl (C=O) groups is 1. The Morgan fingerprint density at radius 3 is 2.42 bits per heavy atom. The average molecular weight is 348 g/mol. The minimum Gasteiger partial charge on any atom is -0.495 e. The van der Waals surface area contributed by atoms with Gasteiger partial charge in [0.2, 0.25) is 15.9 Å². The molecule has 0 heterocycles. The van der Waals surface area contributed by atoms with E-state index in [4.69, 9.17) is 4.74 Å². The van der Waals surface area contributed by atoms with Crippen LogP contribution in [0, 0.1) is 0 Å². The van der Waals surface area contributed by atoms with Crippen molar-refractivity contribution in [1.29, 1.82) is 0 Å². The van der Waals surface area contributed by atoms with E-state index in [1.165, 1.54) is 37.5 Å². The highest BCUT2D eigenvalue weighted by Crippen LogP contribution is 2.29. The molecule has 0 unspecified atom stereocenters. The molecule has 2 aromatic rings.